The Morgan fingerprint density at radius 1 is 0.457 bits per heavy atom. The molecule has 0 saturated heterocycles. The highest BCUT2D eigenvalue weighted by molar-refractivity contribution is 7.20. The molecule has 0 bridgehead atoms. The van der Waals surface area contributed by atoms with Gasteiger partial charge in [0.25, 0.3) is 0 Å². The molecule has 2 aliphatic rings. The van der Waals surface area contributed by atoms with Gasteiger partial charge >= 0.3 is 0 Å². The molecule has 46 heavy (non-hydrogen) atoms. The van der Waals surface area contributed by atoms with Gasteiger partial charge in [-0.05, 0) is 63.7 Å². The average molecular weight is 606 g/mol. The number of thiophene rings is 1. The van der Waals surface area contributed by atoms with E-state index >= 15 is 0 Å². The predicted molar refractivity (Wildman–Crippen MR) is 183 cm³/mol. The van der Waals surface area contributed by atoms with Crippen molar-refractivity contribution >= 4 is 21.4 Å². The fraction of sp³-hybridized carbons (Fsp3) is 0.0250. The van der Waals surface area contributed by atoms with E-state index in [4.69, 9.17) is 15.0 Å². The predicted octanol–water partition coefficient (Wildman–Crippen LogP) is 9.22. The number of hydrogen-bond donors (Lipinski definition) is 0. The molecule has 1 atom stereocenters. The second kappa shape index (κ2) is 9.57. The summed E-state index contributed by atoms with van der Waals surface area (Å²) in [6.45, 7) is 0. The summed E-state index contributed by atoms with van der Waals surface area (Å²) in [5, 5.41) is 1.30. The van der Waals surface area contributed by atoms with Crippen molar-refractivity contribution in [3.05, 3.63) is 162 Å². The first-order valence-electron chi connectivity index (χ1n) is 15.2. The molecule has 0 fully saturated rings. The zero-order valence-corrected chi connectivity index (χ0v) is 25.2. The Balaban J connectivity index is 1.34. The summed E-state index contributed by atoms with van der Waals surface area (Å²) in [5.74, 6) is 1.86. The first kappa shape index (κ1) is 25.5. The number of aromatic nitrogens is 5. The fourth-order valence-electron chi connectivity index (χ4n) is 7.55. The molecule has 6 heteroatoms. The molecule has 1 unspecified atom stereocenters. The van der Waals surface area contributed by atoms with E-state index in [2.05, 4.69) is 101 Å². The molecule has 8 aromatic rings. The van der Waals surface area contributed by atoms with Crippen molar-refractivity contribution < 1.29 is 0 Å². The van der Waals surface area contributed by atoms with Crippen LogP contribution < -0.4 is 0 Å². The third-order valence-electron chi connectivity index (χ3n) is 9.35. The van der Waals surface area contributed by atoms with Gasteiger partial charge in [0.2, 0.25) is 0 Å². The van der Waals surface area contributed by atoms with Crippen LogP contribution in [-0.2, 0) is 5.41 Å². The summed E-state index contributed by atoms with van der Waals surface area (Å²) in [4.78, 5) is 25.1. The van der Waals surface area contributed by atoms with Crippen molar-refractivity contribution in [2.75, 3.05) is 0 Å². The van der Waals surface area contributed by atoms with Gasteiger partial charge in [-0.15, -0.1) is 11.3 Å². The Bertz CT molecular complexity index is 2430. The van der Waals surface area contributed by atoms with E-state index in [1.807, 2.05) is 35.6 Å². The summed E-state index contributed by atoms with van der Waals surface area (Å²) in [6, 6.07) is 41.0. The standard InChI is InChI=1S/C40H23N5S/c1-4-13-31-26(8-1)27-11-7-12-30(39-44-37(24-16-20-41-21-17-24)43-38(45-39)25-18-22-42-23-19-25)35(27)40(31)32-14-5-2-9-28(32)34-29-10-3-6-15-33(29)46-36(34)40/h1-23H. The lowest BCUT2D eigenvalue weighted by Crippen LogP contribution is -2.26. The highest BCUT2D eigenvalue weighted by Crippen LogP contribution is 2.67. The van der Waals surface area contributed by atoms with E-state index in [0.717, 1.165) is 16.7 Å². The van der Waals surface area contributed by atoms with Crippen LogP contribution in [0.25, 0.3) is 66.5 Å². The maximum absolute atomic E-state index is 5.19. The van der Waals surface area contributed by atoms with Gasteiger partial charge in [0, 0.05) is 62.0 Å². The summed E-state index contributed by atoms with van der Waals surface area (Å²) in [6.07, 6.45) is 7.09. The van der Waals surface area contributed by atoms with Crippen LogP contribution in [0.1, 0.15) is 21.6 Å². The van der Waals surface area contributed by atoms with Crippen LogP contribution in [0.3, 0.4) is 0 Å². The van der Waals surface area contributed by atoms with E-state index in [-0.39, 0.29) is 0 Å². The first-order chi connectivity index (χ1) is 22.8. The second-order valence-electron chi connectivity index (χ2n) is 11.6. The molecular weight excluding hydrogens is 583 g/mol. The second-order valence-corrected chi connectivity index (χ2v) is 12.7. The van der Waals surface area contributed by atoms with Gasteiger partial charge in [-0.25, -0.2) is 15.0 Å². The number of pyridine rings is 2. The fourth-order valence-corrected chi connectivity index (χ4v) is 8.99. The molecule has 214 valence electrons. The Morgan fingerprint density at radius 2 is 1.00 bits per heavy atom. The van der Waals surface area contributed by atoms with E-state index in [1.165, 1.54) is 53.9 Å². The lowest BCUT2D eigenvalue weighted by atomic mass is 9.72. The molecule has 0 radical (unpaired) electrons. The van der Waals surface area contributed by atoms with Crippen LogP contribution >= 0.6 is 11.3 Å². The monoisotopic (exact) mass is 605 g/mol. The number of nitrogens with zero attached hydrogens (tertiary/aromatic N) is 5. The van der Waals surface area contributed by atoms with Crippen LogP contribution in [0.5, 0.6) is 0 Å². The lowest BCUT2D eigenvalue weighted by molar-refractivity contribution is 0.811. The Hall–Kier alpha value is -5.85. The quantitative estimate of drug-likeness (QED) is 0.201. The van der Waals surface area contributed by atoms with E-state index in [0.29, 0.717) is 17.5 Å². The summed E-state index contributed by atoms with van der Waals surface area (Å²) < 4.78 is 1.30. The molecule has 0 aliphatic heterocycles. The third kappa shape index (κ3) is 3.36. The van der Waals surface area contributed by atoms with Gasteiger partial charge in [0.05, 0.1) is 5.41 Å². The zero-order valence-electron chi connectivity index (χ0n) is 24.4. The largest absolute Gasteiger partial charge is 0.265 e. The molecule has 4 heterocycles. The smallest absolute Gasteiger partial charge is 0.164 e. The molecule has 0 amide bonds. The minimum absolute atomic E-state index is 0.515. The number of fused-ring (bicyclic) bond motifs is 12. The van der Waals surface area contributed by atoms with Gasteiger partial charge in [-0.1, -0.05) is 84.9 Å². The van der Waals surface area contributed by atoms with Crippen LogP contribution in [0.2, 0.25) is 0 Å². The van der Waals surface area contributed by atoms with Crippen molar-refractivity contribution in [2.24, 2.45) is 0 Å². The molecule has 4 aromatic carbocycles. The SMILES string of the molecule is c1ccc2c(c1)-c1cccc(-c3nc(-c4ccncc4)nc(-c4ccncc4)n3)c1C21c2ccccc2-c2c1sc1ccccc21. The maximum Gasteiger partial charge on any atom is 0.164 e. The number of rotatable bonds is 3. The third-order valence-corrected chi connectivity index (χ3v) is 10.6. The molecule has 10 rings (SSSR count). The van der Waals surface area contributed by atoms with Crippen molar-refractivity contribution in [1.82, 2.24) is 24.9 Å². The molecule has 5 nitrogen and oxygen atoms in total. The van der Waals surface area contributed by atoms with Gasteiger partial charge in [-0.3, -0.25) is 9.97 Å². The van der Waals surface area contributed by atoms with E-state index in [9.17, 15) is 0 Å². The van der Waals surface area contributed by atoms with Gasteiger partial charge in [0.15, 0.2) is 17.5 Å². The minimum Gasteiger partial charge on any atom is -0.265 e. The van der Waals surface area contributed by atoms with Crippen molar-refractivity contribution in [1.29, 1.82) is 0 Å². The number of hydrogen-bond acceptors (Lipinski definition) is 6. The topological polar surface area (TPSA) is 64.5 Å². The van der Waals surface area contributed by atoms with Gasteiger partial charge in [-0.2, -0.15) is 0 Å². The average Bonchev–Trinajstić information content (AvgIpc) is 3.76. The molecule has 0 saturated carbocycles. The highest BCUT2D eigenvalue weighted by atomic mass is 32.1. The summed E-state index contributed by atoms with van der Waals surface area (Å²) in [5.41, 5.74) is 11.2. The normalized spacial score (nSPS) is 15.5. The molecule has 0 N–H and O–H groups in total. The van der Waals surface area contributed by atoms with Crippen LogP contribution in [0, 0.1) is 0 Å². The van der Waals surface area contributed by atoms with Crippen LogP contribution in [-0.4, -0.2) is 24.9 Å². The van der Waals surface area contributed by atoms with Crippen LogP contribution in [0.15, 0.2) is 140 Å². The summed E-state index contributed by atoms with van der Waals surface area (Å²) in [7, 11) is 0. The van der Waals surface area contributed by atoms with Gasteiger partial charge < -0.3 is 0 Å². The Labute approximate surface area is 269 Å². The van der Waals surface area contributed by atoms with Crippen LogP contribution in [0.4, 0.5) is 0 Å². The highest BCUT2D eigenvalue weighted by Gasteiger charge is 2.54. The van der Waals surface area contributed by atoms with E-state index < -0.39 is 5.41 Å². The lowest BCUT2D eigenvalue weighted by Gasteiger charge is -2.30. The van der Waals surface area contributed by atoms with Crippen molar-refractivity contribution in [3.8, 4) is 56.4 Å². The van der Waals surface area contributed by atoms with E-state index in [1.54, 1.807) is 24.8 Å². The number of benzene rings is 4. The molecule has 1 spiro atoms. The first-order valence-corrected chi connectivity index (χ1v) is 16.1. The summed E-state index contributed by atoms with van der Waals surface area (Å²) >= 11 is 1.90. The molecule has 2 aliphatic carbocycles. The van der Waals surface area contributed by atoms with Gasteiger partial charge in [0.1, 0.15) is 0 Å². The molecular formula is C40H23N5S. The van der Waals surface area contributed by atoms with Crippen molar-refractivity contribution in [2.45, 2.75) is 5.41 Å². The maximum atomic E-state index is 5.19. The van der Waals surface area contributed by atoms with Crippen molar-refractivity contribution in [3.63, 3.8) is 0 Å². The Kier molecular flexibility index (Phi) is 5.30. The Morgan fingerprint density at radius 3 is 1.72 bits per heavy atom. The molecule has 4 aromatic heterocycles. The minimum atomic E-state index is -0.515. The zero-order chi connectivity index (χ0) is 30.2.